The quantitative estimate of drug-likeness (QED) is 0.689. The molecule has 1 aliphatic rings. The van der Waals surface area contributed by atoms with Crippen molar-refractivity contribution < 1.29 is 14.6 Å². The van der Waals surface area contributed by atoms with Crippen LogP contribution in [-0.4, -0.2) is 60.9 Å². The van der Waals surface area contributed by atoms with E-state index in [2.05, 4.69) is 5.32 Å². The van der Waals surface area contributed by atoms with Crippen molar-refractivity contribution in [2.45, 2.75) is 38.8 Å². The molecule has 2 N–H and O–H groups in total. The van der Waals surface area contributed by atoms with E-state index in [1.807, 2.05) is 18.7 Å². The summed E-state index contributed by atoms with van der Waals surface area (Å²) in [5.74, 6) is 0.0408. The molecule has 5 heteroatoms. The summed E-state index contributed by atoms with van der Waals surface area (Å²) in [7, 11) is 0. The predicted octanol–water partition coefficient (Wildman–Crippen LogP) is -0.0157. The van der Waals surface area contributed by atoms with Gasteiger partial charge in [-0.15, -0.1) is 0 Å². The lowest BCUT2D eigenvalue weighted by atomic mass is 10.1. The molecule has 1 saturated heterocycles. The van der Waals surface area contributed by atoms with Crippen LogP contribution >= 0.6 is 0 Å². The van der Waals surface area contributed by atoms with Crippen LogP contribution in [0.4, 0.5) is 0 Å². The Bertz CT molecular complexity index is 228. The van der Waals surface area contributed by atoms with Crippen molar-refractivity contribution in [2.75, 3.05) is 32.9 Å². The van der Waals surface area contributed by atoms with Crippen LogP contribution in [0.5, 0.6) is 0 Å². The zero-order valence-corrected chi connectivity index (χ0v) is 10.8. The standard InChI is InChI=1S/C12H24N2O3/c1-10(2)14(5-6-15)9-12(16)13-11-3-7-17-8-4-11/h10-11,15H,3-9H2,1-2H3,(H,13,16). The van der Waals surface area contributed by atoms with Gasteiger partial charge < -0.3 is 15.2 Å². The summed E-state index contributed by atoms with van der Waals surface area (Å²) in [4.78, 5) is 13.8. The Morgan fingerprint density at radius 3 is 2.65 bits per heavy atom. The third-order valence-electron chi connectivity index (χ3n) is 3.05. The van der Waals surface area contributed by atoms with E-state index >= 15 is 0 Å². The van der Waals surface area contributed by atoms with E-state index in [1.54, 1.807) is 0 Å². The molecular formula is C12H24N2O3. The maximum absolute atomic E-state index is 11.8. The van der Waals surface area contributed by atoms with Crippen molar-refractivity contribution in [3.8, 4) is 0 Å². The van der Waals surface area contributed by atoms with Gasteiger partial charge in [0, 0.05) is 31.8 Å². The summed E-state index contributed by atoms with van der Waals surface area (Å²) >= 11 is 0. The summed E-state index contributed by atoms with van der Waals surface area (Å²) in [6, 6.07) is 0.516. The molecule has 1 amide bonds. The molecule has 0 saturated carbocycles. The monoisotopic (exact) mass is 244 g/mol. The Kier molecular flexibility index (Phi) is 6.47. The van der Waals surface area contributed by atoms with Crippen molar-refractivity contribution in [3.05, 3.63) is 0 Å². The lowest BCUT2D eigenvalue weighted by molar-refractivity contribution is -0.124. The molecule has 17 heavy (non-hydrogen) atoms. The minimum absolute atomic E-state index is 0.0408. The maximum atomic E-state index is 11.8. The van der Waals surface area contributed by atoms with Crippen LogP contribution < -0.4 is 5.32 Å². The predicted molar refractivity (Wildman–Crippen MR) is 65.8 cm³/mol. The number of hydrogen-bond donors (Lipinski definition) is 2. The Morgan fingerprint density at radius 2 is 2.12 bits per heavy atom. The highest BCUT2D eigenvalue weighted by atomic mass is 16.5. The molecule has 0 aliphatic carbocycles. The third kappa shape index (κ3) is 5.48. The SMILES string of the molecule is CC(C)N(CCO)CC(=O)NC1CCOCC1. The third-order valence-corrected chi connectivity index (χ3v) is 3.05. The second-order valence-electron chi connectivity index (χ2n) is 4.74. The fourth-order valence-electron chi connectivity index (χ4n) is 1.95. The van der Waals surface area contributed by atoms with E-state index in [-0.39, 0.29) is 24.6 Å². The van der Waals surface area contributed by atoms with Crippen molar-refractivity contribution >= 4 is 5.91 Å². The molecule has 0 spiro atoms. The Labute approximate surface area is 103 Å². The largest absolute Gasteiger partial charge is 0.395 e. The molecule has 0 aromatic carbocycles. The molecule has 0 aromatic rings. The smallest absolute Gasteiger partial charge is 0.234 e. The number of carbonyl (C=O) groups is 1. The highest BCUT2D eigenvalue weighted by Gasteiger charge is 2.18. The summed E-state index contributed by atoms with van der Waals surface area (Å²) in [6.45, 7) is 6.50. The van der Waals surface area contributed by atoms with Gasteiger partial charge in [0.25, 0.3) is 0 Å². The molecule has 100 valence electrons. The minimum atomic E-state index is 0.0408. The molecule has 5 nitrogen and oxygen atoms in total. The summed E-state index contributed by atoms with van der Waals surface area (Å²) < 4.78 is 5.24. The number of nitrogens with zero attached hydrogens (tertiary/aromatic N) is 1. The molecule has 1 fully saturated rings. The Morgan fingerprint density at radius 1 is 1.47 bits per heavy atom. The normalized spacial score (nSPS) is 17.7. The highest BCUT2D eigenvalue weighted by Crippen LogP contribution is 2.06. The number of rotatable bonds is 6. The van der Waals surface area contributed by atoms with Gasteiger partial charge in [0.05, 0.1) is 13.2 Å². The van der Waals surface area contributed by atoms with Gasteiger partial charge in [0.2, 0.25) is 5.91 Å². The fourth-order valence-corrected chi connectivity index (χ4v) is 1.95. The van der Waals surface area contributed by atoms with Gasteiger partial charge in [-0.1, -0.05) is 0 Å². The van der Waals surface area contributed by atoms with Crippen LogP contribution in [0.3, 0.4) is 0 Å². The van der Waals surface area contributed by atoms with E-state index in [0.717, 1.165) is 26.1 Å². The number of hydrogen-bond acceptors (Lipinski definition) is 4. The van der Waals surface area contributed by atoms with Crippen LogP contribution in [-0.2, 0) is 9.53 Å². The molecular weight excluding hydrogens is 220 g/mol. The van der Waals surface area contributed by atoms with Gasteiger partial charge in [-0.25, -0.2) is 0 Å². The average Bonchev–Trinajstić information content (AvgIpc) is 2.29. The average molecular weight is 244 g/mol. The van der Waals surface area contributed by atoms with E-state index in [1.165, 1.54) is 0 Å². The van der Waals surface area contributed by atoms with E-state index in [0.29, 0.717) is 13.1 Å². The van der Waals surface area contributed by atoms with Gasteiger partial charge in [-0.3, -0.25) is 9.69 Å². The van der Waals surface area contributed by atoms with Crippen LogP contribution in [0.15, 0.2) is 0 Å². The van der Waals surface area contributed by atoms with Gasteiger partial charge in [-0.2, -0.15) is 0 Å². The van der Waals surface area contributed by atoms with Crippen molar-refractivity contribution in [3.63, 3.8) is 0 Å². The fraction of sp³-hybridized carbons (Fsp3) is 0.917. The van der Waals surface area contributed by atoms with Crippen molar-refractivity contribution in [2.24, 2.45) is 0 Å². The second kappa shape index (κ2) is 7.63. The topological polar surface area (TPSA) is 61.8 Å². The minimum Gasteiger partial charge on any atom is -0.395 e. The Hall–Kier alpha value is -0.650. The number of carbonyl (C=O) groups excluding carboxylic acids is 1. The number of amides is 1. The summed E-state index contributed by atoms with van der Waals surface area (Å²) in [6.07, 6.45) is 1.79. The van der Waals surface area contributed by atoms with Gasteiger partial charge in [0.1, 0.15) is 0 Å². The molecule has 0 unspecified atom stereocenters. The lowest BCUT2D eigenvalue weighted by Crippen LogP contribution is -2.46. The van der Waals surface area contributed by atoms with Crippen LogP contribution in [0.1, 0.15) is 26.7 Å². The van der Waals surface area contributed by atoms with E-state index < -0.39 is 0 Å². The molecule has 0 aromatic heterocycles. The number of nitrogens with one attached hydrogen (secondary N) is 1. The summed E-state index contributed by atoms with van der Waals surface area (Å²) in [5, 5.41) is 12.0. The van der Waals surface area contributed by atoms with Crippen LogP contribution in [0.2, 0.25) is 0 Å². The van der Waals surface area contributed by atoms with Crippen LogP contribution in [0.25, 0.3) is 0 Å². The molecule has 0 atom stereocenters. The highest BCUT2D eigenvalue weighted by molar-refractivity contribution is 5.78. The number of ether oxygens (including phenoxy) is 1. The first-order valence-electron chi connectivity index (χ1n) is 6.35. The second-order valence-corrected chi connectivity index (χ2v) is 4.74. The Balaban J connectivity index is 2.30. The molecule has 1 heterocycles. The molecule has 0 bridgehead atoms. The zero-order valence-electron chi connectivity index (χ0n) is 10.8. The molecule has 1 rings (SSSR count). The van der Waals surface area contributed by atoms with Crippen LogP contribution in [0, 0.1) is 0 Å². The zero-order chi connectivity index (χ0) is 12.7. The van der Waals surface area contributed by atoms with Gasteiger partial charge >= 0.3 is 0 Å². The van der Waals surface area contributed by atoms with E-state index in [9.17, 15) is 4.79 Å². The lowest BCUT2D eigenvalue weighted by Gasteiger charge is -2.27. The first-order valence-corrected chi connectivity index (χ1v) is 6.35. The van der Waals surface area contributed by atoms with Gasteiger partial charge in [0.15, 0.2) is 0 Å². The van der Waals surface area contributed by atoms with E-state index in [4.69, 9.17) is 9.84 Å². The first-order chi connectivity index (χ1) is 8.13. The number of aliphatic hydroxyl groups is 1. The maximum Gasteiger partial charge on any atom is 0.234 e. The van der Waals surface area contributed by atoms with Crippen molar-refractivity contribution in [1.29, 1.82) is 0 Å². The summed E-state index contributed by atoms with van der Waals surface area (Å²) in [5.41, 5.74) is 0. The number of aliphatic hydroxyl groups excluding tert-OH is 1. The molecule has 1 aliphatic heterocycles. The van der Waals surface area contributed by atoms with Crippen molar-refractivity contribution in [1.82, 2.24) is 10.2 Å². The first kappa shape index (κ1) is 14.4. The van der Waals surface area contributed by atoms with Gasteiger partial charge in [-0.05, 0) is 26.7 Å². The molecule has 0 radical (unpaired) electrons.